The molecule has 0 aliphatic rings. The molecule has 0 atom stereocenters. The molecule has 108 valence electrons. The lowest BCUT2D eigenvalue weighted by Gasteiger charge is -2.07. The molecule has 0 bridgehead atoms. The Bertz CT molecular complexity index is 780. The molecular weight excluding hydrogens is 305 g/mol. The second-order valence-electron chi connectivity index (χ2n) is 4.41. The fourth-order valence-corrected chi connectivity index (χ4v) is 2.05. The van der Waals surface area contributed by atoms with Gasteiger partial charge in [-0.25, -0.2) is 0 Å². The van der Waals surface area contributed by atoms with Gasteiger partial charge < -0.3 is 0 Å². The van der Waals surface area contributed by atoms with Crippen LogP contribution in [0.1, 0.15) is 17.0 Å². The van der Waals surface area contributed by atoms with E-state index in [1.165, 1.54) is 16.6 Å². The average Bonchev–Trinajstić information content (AvgIpc) is 2.81. The van der Waals surface area contributed by atoms with E-state index in [1.54, 1.807) is 12.1 Å². The summed E-state index contributed by atoms with van der Waals surface area (Å²) in [5.41, 5.74) is 0.527. The zero-order valence-corrected chi connectivity index (χ0v) is 11.2. The van der Waals surface area contributed by atoms with Gasteiger partial charge in [0.05, 0.1) is 5.56 Å². The van der Waals surface area contributed by atoms with E-state index in [4.69, 9.17) is 11.6 Å². The highest BCUT2D eigenvalue weighted by atomic mass is 35.5. The second kappa shape index (κ2) is 5.00. The van der Waals surface area contributed by atoms with Crippen molar-refractivity contribution in [3.05, 3.63) is 58.5 Å². The molecule has 3 rings (SSSR count). The molecule has 0 saturated heterocycles. The highest BCUT2D eigenvalue weighted by Gasteiger charge is 2.29. The van der Waals surface area contributed by atoms with Crippen molar-refractivity contribution in [2.75, 3.05) is 0 Å². The van der Waals surface area contributed by atoms with Crippen molar-refractivity contribution in [2.24, 2.45) is 0 Å². The average molecular weight is 313 g/mol. The van der Waals surface area contributed by atoms with Crippen LogP contribution >= 0.6 is 11.6 Å². The summed E-state index contributed by atoms with van der Waals surface area (Å²) < 4.78 is 39.0. The van der Waals surface area contributed by atoms with Crippen LogP contribution in [0.5, 0.6) is 0 Å². The molecule has 0 amide bonds. The number of nitrogens with zero attached hydrogens (tertiary/aromatic N) is 4. The Kier molecular flexibility index (Phi) is 3.29. The van der Waals surface area contributed by atoms with Crippen LogP contribution in [0.15, 0.2) is 36.4 Å². The molecule has 8 heteroatoms. The van der Waals surface area contributed by atoms with Crippen molar-refractivity contribution in [3.8, 4) is 0 Å². The molecule has 4 nitrogen and oxygen atoms in total. The molecular formula is C13H8ClF3N4. The smallest absolute Gasteiger partial charge is 0.196 e. The standard InChI is InChI=1S/C13H8ClF3N4/c14-10-5-6-11-18-19-12(21(11)20-10)7-8-1-3-9(4-2-8)13(15,16)17/h1-6H,7H2. The number of alkyl halides is 3. The van der Waals surface area contributed by atoms with Gasteiger partial charge in [-0.1, -0.05) is 23.7 Å². The first-order valence-corrected chi connectivity index (χ1v) is 6.34. The van der Waals surface area contributed by atoms with Crippen LogP contribution in [0.25, 0.3) is 5.65 Å². The third-order valence-electron chi connectivity index (χ3n) is 2.94. The highest BCUT2D eigenvalue weighted by molar-refractivity contribution is 6.29. The van der Waals surface area contributed by atoms with Gasteiger partial charge >= 0.3 is 6.18 Å². The van der Waals surface area contributed by atoms with Crippen molar-refractivity contribution in [1.82, 2.24) is 19.8 Å². The Morgan fingerprint density at radius 3 is 2.38 bits per heavy atom. The van der Waals surface area contributed by atoms with Gasteiger partial charge in [0.15, 0.2) is 11.5 Å². The third-order valence-corrected chi connectivity index (χ3v) is 3.14. The van der Waals surface area contributed by atoms with E-state index in [1.807, 2.05) is 0 Å². The van der Waals surface area contributed by atoms with E-state index in [0.717, 1.165) is 12.1 Å². The minimum atomic E-state index is -4.34. The Balaban J connectivity index is 1.90. The summed E-state index contributed by atoms with van der Waals surface area (Å²) in [4.78, 5) is 0. The molecule has 0 spiro atoms. The highest BCUT2D eigenvalue weighted by Crippen LogP contribution is 2.29. The minimum absolute atomic E-state index is 0.288. The number of aromatic nitrogens is 4. The number of fused-ring (bicyclic) bond motifs is 1. The number of hydrogen-bond acceptors (Lipinski definition) is 3. The molecule has 0 aliphatic heterocycles. The first-order chi connectivity index (χ1) is 9.93. The normalized spacial score (nSPS) is 12.0. The summed E-state index contributed by atoms with van der Waals surface area (Å²) in [5.74, 6) is 0.507. The van der Waals surface area contributed by atoms with Gasteiger partial charge in [-0.15, -0.1) is 10.2 Å². The molecule has 0 unspecified atom stereocenters. The van der Waals surface area contributed by atoms with Crippen molar-refractivity contribution < 1.29 is 13.2 Å². The fraction of sp³-hybridized carbons (Fsp3) is 0.154. The maximum atomic E-state index is 12.5. The molecule has 0 radical (unpaired) electrons. The molecule has 0 saturated carbocycles. The van der Waals surface area contributed by atoms with Crippen LogP contribution in [0.3, 0.4) is 0 Å². The fourth-order valence-electron chi connectivity index (χ4n) is 1.92. The van der Waals surface area contributed by atoms with Gasteiger partial charge in [0.1, 0.15) is 5.15 Å². The first-order valence-electron chi connectivity index (χ1n) is 5.96. The van der Waals surface area contributed by atoms with Crippen LogP contribution in [0.4, 0.5) is 13.2 Å². The Hall–Kier alpha value is -2.15. The number of benzene rings is 1. The molecule has 0 N–H and O–H groups in total. The minimum Gasteiger partial charge on any atom is -0.196 e. The number of halogens is 4. The summed E-state index contributed by atoms with van der Waals surface area (Å²) in [7, 11) is 0. The van der Waals surface area contributed by atoms with E-state index in [2.05, 4.69) is 15.3 Å². The van der Waals surface area contributed by atoms with E-state index < -0.39 is 11.7 Å². The van der Waals surface area contributed by atoms with Gasteiger partial charge in [-0.3, -0.25) is 0 Å². The van der Waals surface area contributed by atoms with Crippen molar-refractivity contribution in [1.29, 1.82) is 0 Å². The molecule has 0 fully saturated rings. The molecule has 2 aromatic heterocycles. The molecule has 0 aliphatic carbocycles. The first kappa shape index (κ1) is 13.8. The van der Waals surface area contributed by atoms with Crippen LogP contribution < -0.4 is 0 Å². The summed E-state index contributed by atoms with van der Waals surface area (Å²) in [5, 5.41) is 12.3. The zero-order chi connectivity index (χ0) is 15.0. The quantitative estimate of drug-likeness (QED) is 0.728. The van der Waals surface area contributed by atoms with E-state index in [0.29, 0.717) is 23.5 Å². The van der Waals surface area contributed by atoms with Crippen molar-refractivity contribution in [3.63, 3.8) is 0 Å². The summed E-state index contributed by atoms with van der Waals surface area (Å²) in [6.45, 7) is 0. The molecule has 3 aromatic rings. The maximum absolute atomic E-state index is 12.5. The number of hydrogen-bond donors (Lipinski definition) is 0. The Morgan fingerprint density at radius 1 is 1.00 bits per heavy atom. The van der Waals surface area contributed by atoms with Gasteiger partial charge in [0.2, 0.25) is 0 Å². The third kappa shape index (κ3) is 2.82. The predicted molar refractivity (Wildman–Crippen MR) is 70.0 cm³/mol. The summed E-state index contributed by atoms with van der Waals surface area (Å²) >= 11 is 5.81. The zero-order valence-electron chi connectivity index (χ0n) is 10.5. The summed E-state index contributed by atoms with van der Waals surface area (Å²) in [6, 6.07) is 8.16. The lowest BCUT2D eigenvalue weighted by Crippen LogP contribution is -2.05. The Labute approximate surface area is 122 Å². The predicted octanol–water partition coefficient (Wildman–Crippen LogP) is 3.39. The van der Waals surface area contributed by atoms with Crippen molar-refractivity contribution in [2.45, 2.75) is 12.6 Å². The van der Waals surface area contributed by atoms with Gasteiger partial charge in [-0.2, -0.15) is 22.8 Å². The Morgan fingerprint density at radius 2 is 1.71 bits per heavy atom. The van der Waals surface area contributed by atoms with Gasteiger partial charge in [0.25, 0.3) is 0 Å². The van der Waals surface area contributed by atoms with Gasteiger partial charge in [-0.05, 0) is 29.8 Å². The van der Waals surface area contributed by atoms with Gasteiger partial charge in [0, 0.05) is 6.42 Å². The molecule has 2 heterocycles. The largest absolute Gasteiger partial charge is 0.416 e. The SMILES string of the molecule is FC(F)(F)c1ccc(Cc2nnc3ccc(Cl)nn23)cc1. The van der Waals surface area contributed by atoms with Crippen LogP contribution in [-0.4, -0.2) is 19.8 Å². The lowest BCUT2D eigenvalue weighted by atomic mass is 10.1. The molecule has 21 heavy (non-hydrogen) atoms. The molecule has 1 aromatic carbocycles. The van der Waals surface area contributed by atoms with Crippen LogP contribution in [0.2, 0.25) is 5.15 Å². The van der Waals surface area contributed by atoms with E-state index >= 15 is 0 Å². The van der Waals surface area contributed by atoms with Crippen molar-refractivity contribution >= 4 is 17.2 Å². The second-order valence-corrected chi connectivity index (χ2v) is 4.80. The summed E-state index contributed by atoms with van der Waals surface area (Å²) in [6.07, 6.45) is -4.03. The van der Waals surface area contributed by atoms with E-state index in [-0.39, 0.29) is 5.15 Å². The van der Waals surface area contributed by atoms with Crippen LogP contribution in [-0.2, 0) is 12.6 Å². The lowest BCUT2D eigenvalue weighted by molar-refractivity contribution is -0.137. The maximum Gasteiger partial charge on any atom is 0.416 e. The topological polar surface area (TPSA) is 43.1 Å². The van der Waals surface area contributed by atoms with E-state index in [9.17, 15) is 13.2 Å². The number of rotatable bonds is 2. The van der Waals surface area contributed by atoms with Crippen LogP contribution in [0, 0.1) is 0 Å². The monoisotopic (exact) mass is 312 g/mol.